The summed E-state index contributed by atoms with van der Waals surface area (Å²) in [5.41, 5.74) is 5.14. The van der Waals surface area contributed by atoms with Crippen LogP contribution in [0.1, 0.15) is 31.2 Å². The Morgan fingerprint density at radius 1 is 1.21 bits per heavy atom. The number of benzene rings is 1. The third-order valence-corrected chi connectivity index (χ3v) is 3.77. The van der Waals surface area contributed by atoms with Crippen LogP contribution in [0, 0.1) is 0 Å². The summed E-state index contributed by atoms with van der Waals surface area (Å²) in [6.07, 6.45) is -1.32. The van der Waals surface area contributed by atoms with Gasteiger partial charge in [-0.25, -0.2) is 0 Å². The van der Waals surface area contributed by atoms with Gasteiger partial charge in [-0.05, 0) is 37.5 Å². The highest BCUT2D eigenvalue weighted by Gasteiger charge is 2.36. The lowest BCUT2D eigenvalue weighted by Crippen LogP contribution is -2.41. The lowest BCUT2D eigenvalue weighted by atomic mass is 9.93. The van der Waals surface area contributed by atoms with Crippen molar-refractivity contribution in [2.45, 2.75) is 44.0 Å². The maximum atomic E-state index is 12.9. The first kappa shape index (κ1) is 14.7. The predicted octanol–water partition coefficient (Wildman–Crippen LogP) is 4.12. The molecule has 0 heterocycles. The van der Waals surface area contributed by atoms with Crippen molar-refractivity contribution in [1.29, 1.82) is 0 Å². The molecule has 106 valence electrons. The number of alkyl halides is 3. The number of nitrogens with two attached hydrogens (primary N) is 1. The van der Waals surface area contributed by atoms with Gasteiger partial charge < -0.3 is 10.5 Å². The lowest BCUT2D eigenvalue weighted by molar-refractivity contribution is -0.139. The standard InChI is InChI=1S/C13H15BrF3NO/c14-8-5-6-11(9(7-8)13(15,16)17)19-12-4-2-1-3-10(12)18/h5-7,10,12H,1-4,18H2. The van der Waals surface area contributed by atoms with Crippen LogP contribution < -0.4 is 10.5 Å². The molecule has 0 aliphatic heterocycles. The molecule has 2 nitrogen and oxygen atoms in total. The Balaban J connectivity index is 2.24. The van der Waals surface area contributed by atoms with Crippen molar-refractivity contribution in [1.82, 2.24) is 0 Å². The van der Waals surface area contributed by atoms with Gasteiger partial charge in [-0.15, -0.1) is 0 Å². The molecule has 0 spiro atoms. The molecule has 6 heteroatoms. The zero-order valence-corrected chi connectivity index (χ0v) is 11.8. The fourth-order valence-corrected chi connectivity index (χ4v) is 2.62. The van der Waals surface area contributed by atoms with Gasteiger partial charge in [-0.3, -0.25) is 0 Å². The van der Waals surface area contributed by atoms with Gasteiger partial charge in [0, 0.05) is 10.5 Å². The van der Waals surface area contributed by atoms with Gasteiger partial charge in [-0.1, -0.05) is 22.4 Å². The monoisotopic (exact) mass is 337 g/mol. The van der Waals surface area contributed by atoms with Crippen molar-refractivity contribution in [2.75, 3.05) is 0 Å². The number of hydrogen-bond donors (Lipinski definition) is 1. The van der Waals surface area contributed by atoms with Crippen molar-refractivity contribution in [3.63, 3.8) is 0 Å². The second kappa shape index (κ2) is 5.71. The molecule has 0 saturated heterocycles. The van der Waals surface area contributed by atoms with Crippen LogP contribution in [-0.4, -0.2) is 12.1 Å². The summed E-state index contributed by atoms with van der Waals surface area (Å²) in [4.78, 5) is 0. The van der Waals surface area contributed by atoms with E-state index in [0.717, 1.165) is 25.3 Å². The second-order valence-corrected chi connectivity index (χ2v) is 5.66. The van der Waals surface area contributed by atoms with Crippen molar-refractivity contribution in [3.05, 3.63) is 28.2 Å². The molecule has 19 heavy (non-hydrogen) atoms. The number of halogens is 4. The molecule has 0 bridgehead atoms. The molecule has 1 aliphatic rings. The maximum Gasteiger partial charge on any atom is 0.420 e. The smallest absolute Gasteiger partial charge is 0.420 e. The Morgan fingerprint density at radius 2 is 1.89 bits per heavy atom. The minimum absolute atomic E-state index is 0.141. The highest BCUT2D eigenvalue weighted by Crippen LogP contribution is 2.39. The molecule has 0 amide bonds. The Morgan fingerprint density at radius 3 is 2.53 bits per heavy atom. The zero-order valence-electron chi connectivity index (χ0n) is 10.2. The van der Waals surface area contributed by atoms with E-state index in [1.165, 1.54) is 6.07 Å². The molecule has 2 rings (SSSR count). The van der Waals surface area contributed by atoms with Gasteiger partial charge in [-0.2, -0.15) is 13.2 Å². The fourth-order valence-electron chi connectivity index (χ4n) is 2.26. The molecule has 1 aromatic carbocycles. The Kier molecular flexibility index (Phi) is 4.40. The van der Waals surface area contributed by atoms with Crippen LogP contribution >= 0.6 is 15.9 Å². The summed E-state index contributed by atoms with van der Waals surface area (Å²) in [6.45, 7) is 0. The largest absolute Gasteiger partial charge is 0.488 e. The van der Waals surface area contributed by atoms with Crippen LogP contribution in [0.4, 0.5) is 13.2 Å². The molecule has 1 saturated carbocycles. The summed E-state index contributed by atoms with van der Waals surface area (Å²) in [5, 5.41) is 0. The summed E-state index contributed by atoms with van der Waals surface area (Å²) in [5.74, 6) is -0.141. The van der Waals surface area contributed by atoms with E-state index < -0.39 is 11.7 Å². The first-order valence-corrected chi connectivity index (χ1v) is 6.96. The molecular weight excluding hydrogens is 323 g/mol. The topological polar surface area (TPSA) is 35.2 Å². The highest BCUT2D eigenvalue weighted by molar-refractivity contribution is 9.10. The van der Waals surface area contributed by atoms with E-state index in [9.17, 15) is 13.2 Å². The van der Waals surface area contributed by atoms with Gasteiger partial charge in [0.2, 0.25) is 0 Å². The van der Waals surface area contributed by atoms with Crippen LogP contribution in [0.25, 0.3) is 0 Å². The molecular formula is C13H15BrF3NO. The third kappa shape index (κ3) is 3.63. The van der Waals surface area contributed by atoms with Crippen LogP contribution in [0.2, 0.25) is 0 Å². The summed E-state index contributed by atoms with van der Waals surface area (Å²) in [7, 11) is 0. The normalized spacial score (nSPS) is 24.3. The summed E-state index contributed by atoms with van der Waals surface area (Å²) >= 11 is 3.05. The van der Waals surface area contributed by atoms with Gasteiger partial charge in [0.05, 0.1) is 5.56 Å². The van der Waals surface area contributed by atoms with Gasteiger partial charge >= 0.3 is 6.18 Å². The van der Waals surface area contributed by atoms with Crippen LogP contribution in [-0.2, 0) is 6.18 Å². The summed E-state index contributed by atoms with van der Waals surface area (Å²) in [6, 6.07) is 3.72. The first-order valence-electron chi connectivity index (χ1n) is 6.17. The zero-order chi connectivity index (χ0) is 14.0. The number of hydrogen-bond acceptors (Lipinski definition) is 2. The highest BCUT2D eigenvalue weighted by atomic mass is 79.9. The quantitative estimate of drug-likeness (QED) is 0.881. The SMILES string of the molecule is NC1CCCCC1Oc1ccc(Br)cc1C(F)(F)F. The van der Waals surface area contributed by atoms with E-state index >= 15 is 0 Å². The Hall–Kier alpha value is -0.750. The molecule has 1 aliphatic carbocycles. The number of ether oxygens (including phenoxy) is 1. The van der Waals surface area contributed by atoms with E-state index in [-0.39, 0.29) is 17.9 Å². The molecule has 1 fully saturated rings. The van der Waals surface area contributed by atoms with Crippen LogP contribution in [0.5, 0.6) is 5.75 Å². The number of rotatable bonds is 2. The van der Waals surface area contributed by atoms with E-state index in [2.05, 4.69) is 15.9 Å². The van der Waals surface area contributed by atoms with E-state index in [0.29, 0.717) is 10.9 Å². The van der Waals surface area contributed by atoms with Gasteiger partial charge in [0.25, 0.3) is 0 Å². The van der Waals surface area contributed by atoms with E-state index in [1.54, 1.807) is 6.07 Å². The molecule has 0 radical (unpaired) electrons. The van der Waals surface area contributed by atoms with Crippen molar-refractivity contribution in [3.8, 4) is 5.75 Å². The molecule has 2 N–H and O–H groups in total. The van der Waals surface area contributed by atoms with Crippen molar-refractivity contribution >= 4 is 15.9 Å². The van der Waals surface area contributed by atoms with E-state index in [1.807, 2.05) is 0 Å². The Labute approximate surface area is 118 Å². The average molecular weight is 338 g/mol. The van der Waals surface area contributed by atoms with Crippen LogP contribution in [0.3, 0.4) is 0 Å². The lowest BCUT2D eigenvalue weighted by Gasteiger charge is -2.30. The third-order valence-electron chi connectivity index (χ3n) is 3.28. The van der Waals surface area contributed by atoms with Crippen molar-refractivity contribution < 1.29 is 17.9 Å². The molecule has 1 aromatic rings. The summed E-state index contributed by atoms with van der Waals surface area (Å²) < 4.78 is 44.7. The van der Waals surface area contributed by atoms with Crippen molar-refractivity contribution in [2.24, 2.45) is 5.73 Å². The van der Waals surface area contributed by atoms with Crippen LogP contribution in [0.15, 0.2) is 22.7 Å². The predicted molar refractivity (Wildman–Crippen MR) is 70.0 cm³/mol. The Bertz CT molecular complexity index is 450. The van der Waals surface area contributed by atoms with Gasteiger partial charge in [0.1, 0.15) is 11.9 Å². The first-order chi connectivity index (χ1) is 8.88. The second-order valence-electron chi connectivity index (χ2n) is 4.74. The minimum Gasteiger partial charge on any atom is -0.488 e. The average Bonchev–Trinajstić information content (AvgIpc) is 2.33. The molecule has 2 atom stereocenters. The minimum atomic E-state index is -4.43. The fraction of sp³-hybridized carbons (Fsp3) is 0.538. The molecule has 2 unspecified atom stereocenters. The molecule has 0 aromatic heterocycles. The maximum absolute atomic E-state index is 12.9. The van der Waals surface area contributed by atoms with E-state index in [4.69, 9.17) is 10.5 Å². The van der Waals surface area contributed by atoms with Gasteiger partial charge in [0.15, 0.2) is 0 Å².